The molecule has 1 aliphatic carbocycles. The second-order valence-corrected chi connectivity index (χ2v) is 8.17. The molecule has 0 aromatic carbocycles. The number of allylic oxidation sites excluding steroid dienone is 2. The predicted molar refractivity (Wildman–Crippen MR) is 105 cm³/mol. The molecule has 0 spiro atoms. The number of thiophene rings is 2. The first-order valence-electron chi connectivity index (χ1n) is 8.53. The van der Waals surface area contributed by atoms with Gasteiger partial charge in [-0.2, -0.15) is 0 Å². The Labute approximate surface area is 158 Å². The lowest BCUT2D eigenvalue weighted by Crippen LogP contribution is -2.18. The number of hydrogen-bond acceptors (Lipinski definition) is 6. The normalized spacial score (nSPS) is 17.7. The molecule has 5 nitrogen and oxygen atoms in total. The Bertz CT molecular complexity index is 1020. The van der Waals surface area contributed by atoms with Crippen LogP contribution in [0.1, 0.15) is 38.1 Å². The van der Waals surface area contributed by atoms with Gasteiger partial charge >= 0.3 is 5.97 Å². The molecule has 0 aliphatic heterocycles. The third kappa shape index (κ3) is 3.37. The van der Waals surface area contributed by atoms with Gasteiger partial charge in [-0.15, -0.1) is 22.7 Å². The quantitative estimate of drug-likeness (QED) is 0.511. The van der Waals surface area contributed by atoms with Crippen LogP contribution in [-0.2, 0) is 9.53 Å². The van der Waals surface area contributed by atoms with Crippen LogP contribution in [-0.4, -0.2) is 15.9 Å². The van der Waals surface area contributed by atoms with Gasteiger partial charge in [0.25, 0.3) is 5.56 Å². The van der Waals surface area contributed by atoms with E-state index >= 15 is 0 Å². The minimum absolute atomic E-state index is 0.198. The molecule has 26 heavy (non-hydrogen) atoms. The van der Waals surface area contributed by atoms with Gasteiger partial charge in [0.05, 0.1) is 11.8 Å². The summed E-state index contributed by atoms with van der Waals surface area (Å²) in [4.78, 5) is 33.8. The fourth-order valence-electron chi connectivity index (χ4n) is 3.15. The molecule has 0 radical (unpaired) electrons. The molecule has 0 unspecified atom stereocenters. The van der Waals surface area contributed by atoms with Crippen molar-refractivity contribution in [1.29, 1.82) is 0 Å². The molecule has 0 amide bonds. The molecule has 0 saturated heterocycles. The molecular formula is C19H18N2O3S2. The number of nitrogens with zero attached hydrogens (tertiary/aromatic N) is 1. The van der Waals surface area contributed by atoms with Crippen molar-refractivity contribution in [2.24, 2.45) is 5.92 Å². The highest BCUT2D eigenvalue weighted by Gasteiger charge is 2.21. The Morgan fingerprint density at radius 1 is 1.46 bits per heavy atom. The van der Waals surface area contributed by atoms with E-state index in [0.717, 1.165) is 23.3 Å². The molecule has 134 valence electrons. The van der Waals surface area contributed by atoms with Gasteiger partial charge in [0, 0.05) is 15.8 Å². The molecule has 7 heteroatoms. The maximum absolute atomic E-state index is 12.6. The zero-order valence-corrected chi connectivity index (χ0v) is 15.9. The number of esters is 1. The summed E-state index contributed by atoms with van der Waals surface area (Å²) in [6.45, 7) is 1.74. The van der Waals surface area contributed by atoms with Crippen LogP contribution in [0.2, 0.25) is 0 Å². The number of carbonyl (C=O) groups excluding carboxylic acids is 1. The van der Waals surface area contributed by atoms with Crippen molar-refractivity contribution in [1.82, 2.24) is 9.97 Å². The standard InChI is InChI=1S/C19H18N2O3S2/c1-11(24-15(22)9-12-5-2-3-6-12)17-20-18(23)16-13(10-26-19(16)21-17)14-7-4-8-25-14/h2,4-5,7-8,10-12H,3,6,9H2,1H3,(H,20,21,23)/t11-,12-/m1/s1. The van der Waals surface area contributed by atoms with Gasteiger partial charge in [-0.05, 0) is 37.1 Å². The van der Waals surface area contributed by atoms with Crippen LogP contribution >= 0.6 is 22.7 Å². The Kier molecular flexibility index (Phi) is 4.74. The van der Waals surface area contributed by atoms with Crippen molar-refractivity contribution in [2.75, 3.05) is 0 Å². The Hall–Kier alpha value is -2.25. The van der Waals surface area contributed by atoms with Crippen LogP contribution in [0, 0.1) is 5.92 Å². The SMILES string of the molecule is C[C@@H](OC(=O)C[C@@H]1C=CCC1)c1nc2scc(-c3cccs3)c2c(=O)[nH]1. The summed E-state index contributed by atoms with van der Waals surface area (Å²) in [6.07, 6.45) is 5.95. The fraction of sp³-hybridized carbons (Fsp3) is 0.316. The molecule has 0 fully saturated rings. The van der Waals surface area contributed by atoms with E-state index in [-0.39, 0.29) is 17.4 Å². The van der Waals surface area contributed by atoms with E-state index in [4.69, 9.17) is 4.74 Å². The lowest BCUT2D eigenvalue weighted by Gasteiger charge is -2.14. The lowest BCUT2D eigenvalue weighted by atomic mass is 10.1. The van der Waals surface area contributed by atoms with E-state index in [0.29, 0.717) is 22.5 Å². The minimum Gasteiger partial charge on any atom is -0.454 e. The Morgan fingerprint density at radius 3 is 3.08 bits per heavy atom. The van der Waals surface area contributed by atoms with E-state index in [9.17, 15) is 9.59 Å². The summed E-state index contributed by atoms with van der Waals surface area (Å²) >= 11 is 3.02. The van der Waals surface area contributed by atoms with Gasteiger partial charge < -0.3 is 9.72 Å². The average molecular weight is 386 g/mol. The van der Waals surface area contributed by atoms with Gasteiger partial charge in [0.1, 0.15) is 4.83 Å². The molecule has 3 aromatic heterocycles. The van der Waals surface area contributed by atoms with Crippen LogP contribution < -0.4 is 5.56 Å². The molecule has 2 atom stereocenters. The topological polar surface area (TPSA) is 72.0 Å². The molecule has 1 N–H and O–H groups in total. The van der Waals surface area contributed by atoms with E-state index in [2.05, 4.69) is 22.1 Å². The third-order valence-corrected chi connectivity index (χ3v) is 6.26. The first-order valence-corrected chi connectivity index (χ1v) is 10.3. The second-order valence-electron chi connectivity index (χ2n) is 6.36. The van der Waals surface area contributed by atoms with E-state index in [1.54, 1.807) is 18.3 Å². The van der Waals surface area contributed by atoms with Crippen LogP contribution in [0.15, 0.2) is 39.8 Å². The monoisotopic (exact) mass is 386 g/mol. The van der Waals surface area contributed by atoms with Crippen molar-refractivity contribution >= 4 is 38.9 Å². The molecule has 0 saturated carbocycles. The Balaban J connectivity index is 1.56. The van der Waals surface area contributed by atoms with Gasteiger partial charge in [0.2, 0.25) is 0 Å². The highest BCUT2D eigenvalue weighted by Crippen LogP contribution is 2.34. The lowest BCUT2D eigenvalue weighted by molar-refractivity contribution is -0.149. The summed E-state index contributed by atoms with van der Waals surface area (Å²) in [5, 5.41) is 4.53. The molecule has 3 aromatic rings. The van der Waals surface area contributed by atoms with Crippen LogP contribution in [0.3, 0.4) is 0 Å². The number of nitrogens with one attached hydrogen (secondary N) is 1. The number of carbonyl (C=O) groups is 1. The smallest absolute Gasteiger partial charge is 0.307 e. The number of H-pyrrole nitrogens is 1. The molecular weight excluding hydrogens is 368 g/mol. The van der Waals surface area contributed by atoms with Crippen LogP contribution in [0.25, 0.3) is 20.7 Å². The molecule has 4 rings (SSSR count). The van der Waals surface area contributed by atoms with Crippen LogP contribution in [0.5, 0.6) is 0 Å². The van der Waals surface area contributed by atoms with E-state index in [1.165, 1.54) is 11.3 Å². The van der Waals surface area contributed by atoms with Gasteiger partial charge in [-0.1, -0.05) is 18.2 Å². The van der Waals surface area contributed by atoms with Crippen molar-refractivity contribution in [3.05, 3.63) is 51.2 Å². The summed E-state index contributed by atoms with van der Waals surface area (Å²) in [7, 11) is 0. The molecule has 1 aliphatic rings. The zero-order valence-electron chi connectivity index (χ0n) is 14.2. The number of aromatic nitrogens is 2. The second kappa shape index (κ2) is 7.17. The van der Waals surface area contributed by atoms with Gasteiger partial charge in [-0.25, -0.2) is 4.98 Å². The zero-order chi connectivity index (χ0) is 18.1. The summed E-state index contributed by atoms with van der Waals surface area (Å²) in [6, 6.07) is 3.95. The fourth-order valence-corrected chi connectivity index (χ4v) is 4.92. The molecule has 3 heterocycles. The van der Waals surface area contributed by atoms with Crippen molar-refractivity contribution < 1.29 is 9.53 Å². The minimum atomic E-state index is -0.586. The maximum Gasteiger partial charge on any atom is 0.307 e. The van der Waals surface area contributed by atoms with Crippen molar-refractivity contribution in [3.63, 3.8) is 0 Å². The first-order chi connectivity index (χ1) is 12.6. The van der Waals surface area contributed by atoms with E-state index < -0.39 is 6.10 Å². The van der Waals surface area contributed by atoms with Gasteiger partial charge in [0.15, 0.2) is 11.9 Å². The first kappa shape index (κ1) is 17.2. The highest BCUT2D eigenvalue weighted by atomic mass is 32.1. The van der Waals surface area contributed by atoms with Gasteiger partial charge in [-0.3, -0.25) is 9.59 Å². The van der Waals surface area contributed by atoms with Crippen molar-refractivity contribution in [2.45, 2.75) is 32.3 Å². The maximum atomic E-state index is 12.6. The van der Waals surface area contributed by atoms with Crippen LogP contribution in [0.4, 0.5) is 0 Å². The number of rotatable bonds is 5. The summed E-state index contributed by atoms with van der Waals surface area (Å²) in [5.74, 6) is 0.384. The van der Waals surface area contributed by atoms with E-state index in [1.807, 2.05) is 22.9 Å². The average Bonchev–Trinajstić information content (AvgIpc) is 3.35. The third-order valence-electron chi connectivity index (χ3n) is 4.48. The summed E-state index contributed by atoms with van der Waals surface area (Å²) < 4.78 is 5.48. The summed E-state index contributed by atoms with van der Waals surface area (Å²) in [5.41, 5.74) is 0.703. The number of aromatic amines is 1. The molecule has 0 bridgehead atoms. The predicted octanol–water partition coefficient (Wildman–Crippen LogP) is 4.67. The number of ether oxygens (including phenoxy) is 1. The Morgan fingerprint density at radius 2 is 2.35 bits per heavy atom. The largest absolute Gasteiger partial charge is 0.454 e. The highest BCUT2D eigenvalue weighted by molar-refractivity contribution is 7.18. The number of hydrogen-bond donors (Lipinski definition) is 1. The van der Waals surface area contributed by atoms with Crippen molar-refractivity contribution in [3.8, 4) is 10.4 Å². The number of fused-ring (bicyclic) bond motifs is 1.